The normalized spacial score (nSPS) is 17.9. The molecule has 7 heteroatoms. The fraction of sp³-hybridized carbons (Fsp3) is 0.467. The second-order valence-electron chi connectivity index (χ2n) is 5.39. The third kappa shape index (κ3) is 3.08. The second kappa shape index (κ2) is 6.13. The van der Waals surface area contributed by atoms with Gasteiger partial charge in [0.15, 0.2) is 11.5 Å². The summed E-state index contributed by atoms with van der Waals surface area (Å²) in [5.41, 5.74) is 0.634. The molecule has 1 saturated heterocycles. The van der Waals surface area contributed by atoms with Crippen molar-refractivity contribution in [3.05, 3.63) is 18.2 Å². The van der Waals surface area contributed by atoms with Gasteiger partial charge in [-0.25, -0.2) is 4.79 Å². The predicted octanol–water partition coefficient (Wildman–Crippen LogP) is 1.79. The van der Waals surface area contributed by atoms with Gasteiger partial charge in [-0.3, -0.25) is 4.79 Å². The van der Waals surface area contributed by atoms with E-state index < -0.39 is 5.97 Å². The number of nitrogens with one attached hydrogen (secondary N) is 1. The minimum absolute atomic E-state index is 0.222. The van der Waals surface area contributed by atoms with Crippen LogP contribution in [0.1, 0.15) is 12.8 Å². The van der Waals surface area contributed by atoms with Crippen LogP contribution in [0.5, 0.6) is 11.5 Å². The number of carboxylic acids is 1. The van der Waals surface area contributed by atoms with Crippen LogP contribution >= 0.6 is 0 Å². The van der Waals surface area contributed by atoms with Crippen molar-refractivity contribution in [1.82, 2.24) is 4.90 Å². The van der Waals surface area contributed by atoms with Crippen LogP contribution < -0.4 is 14.8 Å². The van der Waals surface area contributed by atoms with Gasteiger partial charge in [0.2, 0.25) is 0 Å². The number of urea groups is 1. The molecule has 0 saturated carbocycles. The number of hydrogen-bond acceptors (Lipinski definition) is 4. The number of carbonyl (C=O) groups excluding carboxylic acids is 1. The van der Waals surface area contributed by atoms with Gasteiger partial charge in [-0.2, -0.15) is 0 Å². The first kappa shape index (κ1) is 14.5. The Bertz CT molecular complexity index is 581. The van der Waals surface area contributed by atoms with E-state index in [9.17, 15) is 9.59 Å². The van der Waals surface area contributed by atoms with E-state index in [1.54, 1.807) is 23.1 Å². The van der Waals surface area contributed by atoms with Gasteiger partial charge >= 0.3 is 12.0 Å². The number of aliphatic carboxylic acids is 1. The number of hydrogen-bond donors (Lipinski definition) is 2. The Balaban J connectivity index is 1.59. The molecule has 7 nitrogen and oxygen atoms in total. The van der Waals surface area contributed by atoms with Crippen molar-refractivity contribution in [2.24, 2.45) is 5.92 Å². The molecule has 0 spiro atoms. The van der Waals surface area contributed by atoms with E-state index in [1.165, 1.54) is 0 Å². The minimum atomic E-state index is -0.785. The number of fused-ring (bicyclic) bond motifs is 1. The van der Waals surface area contributed by atoms with Crippen molar-refractivity contribution in [2.45, 2.75) is 12.8 Å². The molecular weight excluding hydrogens is 288 g/mol. The Labute approximate surface area is 127 Å². The zero-order valence-electron chi connectivity index (χ0n) is 12.1. The highest BCUT2D eigenvalue weighted by atomic mass is 16.6. The lowest BCUT2D eigenvalue weighted by Gasteiger charge is -2.30. The fourth-order valence-corrected chi connectivity index (χ4v) is 2.65. The molecular formula is C15H18N2O5. The summed E-state index contributed by atoms with van der Waals surface area (Å²) < 4.78 is 10.9. The number of carboxylic acid groups (broad SMARTS) is 1. The largest absolute Gasteiger partial charge is 0.486 e. The van der Waals surface area contributed by atoms with E-state index in [2.05, 4.69) is 5.32 Å². The lowest BCUT2D eigenvalue weighted by atomic mass is 9.97. The first-order valence-corrected chi connectivity index (χ1v) is 7.32. The molecule has 1 aromatic carbocycles. The first-order valence-electron chi connectivity index (χ1n) is 7.32. The summed E-state index contributed by atoms with van der Waals surface area (Å²) in [5.74, 6) is 0.158. The van der Waals surface area contributed by atoms with Crippen molar-refractivity contribution in [1.29, 1.82) is 0 Å². The number of piperidine rings is 1. The molecule has 2 heterocycles. The van der Waals surface area contributed by atoms with Crippen LogP contribution in [0, 0.1) is 5.92 Å². The van der Waals surface area contributed by atoms with E-state index in [0.717, 1.165) is 0 Å². The molecule has 1 aromatic rings. The number of carbonyl (C=O) groups is 2. The number of anilines is 1. The van der Waals surface area contributed by atoms with Crippen LogP contribution in [0.2, 0.25) is 0 Å². The molecule has 0 radical (unpaired) electrons. The standard InChI is InChI=1S/C15H18N2O5/c18-14(19)10-3-5-17(6-4-10)15(20)16-11-1-2-12-13(9-11)22-8-7-21-12/h1-2,9-10H,3-8H2,(H,16,20)(H,18,19). The number of benzene rings is 1. The molecule has 1 fully saturated rings. The Morgan fingerprint density at radius 1 is 1.14 bits per heavy atom. The summed E-state index contributed by atoms with van der Waals surface area (Å²) in [6.07, 6.45) is 0.980. The molecule has 2 aliphatic rings. The molecule has 0 bridgehead atoms. The van der Waals surface area contributed by atoms with Gasteiger partial charge in [0, 0.05) is 24.8 Å². The zero-order chi connectivity index (χ0) is 15.5. The first-order chi connectivity index (χ1) is 10.6. The van der Waals surface area contributed by atoms with Crippen molar-refractivity contribution >= 4 is 17.7 Å². The highest BCUT2D eigenvalue weighted by molar-refractivity contribution is 5.90. The van der Waals surface area contributed by atoms with E-state index >= 15 is 0 Å². The highest BCUT2D eigenvalue weighted by Gasteiger charge is 2.27. The van der Waals surface area contributed by atoms with Crippen molar-refractivity contribution in [3.63, 3.8) is 0 Å². The van der Waals surface area contributed by atoms with Crippen molar-refractivity contribution < 1.29 is 24.2 Å². The van der Waals surface area contributed by atoms with Crippen LogP contribution in [-0.2, 0) is 4.79 Å². The fourth-order valence-electron chi connectivity index (χ4n) is 2.65. The SMILES string of the molecule is O=C(O)C1CCN(C(=O)Nc2ccc3c(c2)OCCO3)CC1. The van der Waals surface area contributed by atoms with Gasteiger partial charge in [0.05, 0.1) is 5.92 Å². The third-order valence-corrected chi connectivity index (χ3v) is 3.92. The van der Waals surface area contributed by atoms with Gasteiger partial charge < -0.3 is 24.8 Å². The highest BCUT2D eigenvalue weighted by Crippen LogP contribution is 2.32. The van der Waals surface area contributed by atoms with E-state index in [1.807, 2.05) is 0 Å². The van der Waals surface area contributed by atoms with Crippen LogP contribution in [0.4, 0.5) is 10.5 Å². The van der Waals surface area contributed by atoms with Gasteiger partial charge in [-0.05, 0) is 25.0 Å². The lowest BCUT2D eigenvalue weighted by Crippen LogP contribution is -2.42. The molecule has 118 valence electrons. The second-order valence-corrected chi connectivity index (χ2v) is 5.39. The van der Waals surface area contributed by atoms with E-state index in [-0.39, 0.29) is 11.9 Å². The van der Waals surface area contributed by atoms with Crippen LogP contribution in [0.25, 0.3) is 0 Å². The number of rotatable bonds is 2. The molecule has 0 aromatic heterocycles. The quantitative estimate of drug-likeness (QED) is 0.869. The molecule has 0 atom stereocenters. The summed E-state index contributed by atoms with van der Waals surface area (Å²) in [6, 6.07) is 5.03. The van der Waals surface area contributed by atoms with E-state index in [0.29, 0.717) is 56.3 Å². The third-order valence-electron chi connectivity index (χ3n) is 3.92. The smallest absolute Gasteiger partial charge is 0.321 e. The van der Waals surface area contributed by atoms with Gasteiger partial charge in [0.25, 0.3) is 0 Å². The van der Waals surface area contributed by atoms with Crippen molar-refractivity contribution in [3.8, 4) is 11.5 Å². The predicted molar refractivity (Wildman–Crippen MR) is 78.4 cm³/mol. The Hall–Kier alpha value is -2.44. The number of nitrogens with zero attached hydrogens (tertiary/aromatic N) is 1. The topological polar surface area (TPSA) is 88.1 Å². The van der Waals surface area contributed by atoms with Crippen LogP contribution in [-0.4, -0.2) is 48.3 Å². The van der Waals surface area contributed by atoms with Crippen LogP contribution in [0.15, 0.2) is 18.2 Å². The summed E-state index contributed by atoms with van der Waals surface area (Å²) in [5, 5.41) is 11.8. The molecule has 0 unspecified atom stereocenters. The molecule has 3 rings (SSSR count). The van der Waals surface area contributed by atoms with Gasteiger partial charge in [-0.1, -0.05) is 0 Å². The molecule has 22 heavy (non-hydrogen) atoms. The summed E-state index contributed by atoms with van der Waals surface area (Å²) in [7, 11) is 0. The summed E-state index contributed by atoms with van der Waals surface area (Å²) in [6.45, 7) is 1.92. The number of likely N-dealkylation sites (tertiary alicyclic amines) is 1. The van der Waals surface area contributed by atoms with Gasteiger partial charge in [-0.15, -0.1) is 0 Å². The Morgan fingerprint density at radius 2 is 1.82 bits per heavy atom. The molecule has 2 aliphatic heterocycles. The Morgan fingerprint density at radius 3 is 2.50 bits per heavy atom. The van der Waals surface area contributed by atoms with Crippen molar-refractivity contribution in [2.75, 3.05) is 31.6 Å². The molecule has 2 N–H and O–H groups in total. The maximum atomic E-state index is 12.2. The number of ether oxygens (including phenoxy) is 2. The maximum Gasteiger partial charge on any atom is 0.321 e. The molecule has 2 amide bonds. The maximum absolute atomic E-state index is 12.2. The monoisotopic (exact) mass is 306 g/mol. The lowest BCUT2D eigenvalue weighted by molar-refractivity contribution is -0.143. The summed E-state index contributed by atoms with van der Waals surface area (Å²) >= 11 is 0. The number of amides is 2. The summed E-state index contributed by atoms with van der Waals surface area (Å²) in [4.78, 5) is 24.8. The van der Waals surface area contributed by atoms with Gasteiger partial charge in [0.1, 0.15) is 13.2 Å². The molecule has 0 aliphatic carbocycles. The average Bonchev–Trinajstić information content (AvgIpc) is 2.55. The average molecular weight is 306 g/mol. The Kier molecular flexibility index (Phi) is 4.04. The van der Waals surface area contributed by atoms with Crippen LogP contribution in [0.3, 0.4) is 0 Å². The zero-order valence-corrected chi connectivity index (χ0v) is 12.1. The van der Waals surface area contributed by atoms with E-state index in [4.69, 9.17) is 14.6 Å². The minimum Gasteiger partial charge on any atom is -0.486 e.